The van der Waals surface area contributed by atoms with Gasteiger partial charge in [0.1, 0.15) is 5.82 Å². The predicted molar refractivity (Wildman–Crippen MR) is 127 cm³/mol. The molecule has 0 aliphatic rings. The molecule has 0 spiro atoms. The monoisotopic (exact) mass is 403 g/mol. The Balaban J connectivity index is 2.37. The summed E-state index contributed by atoms with van der Waals surface area (Å²) in [6, 6.07) is 15.4. The fraction of sp³-hybridized carbons (Fsp3) is 0.481. The molecule has 0 N–H and O–H groups in total. The smallest absolute Gasteiger partial charge is 0.168 e. The van der Waals surface area contributed by atoms with Gasteiger partial charge in [-0.15, -0.1) is 10.2 Å². The molecule has 0 unspecified atom stereocenters. The fourth-order valence-electron chi connectivity index (χ4n) is 4.09. The average Bonchev–Trinajstić information content (AvgIpc) is 3.06. The Bertz CT molecular complexity index is 975. The summed E-state index contributed by atoms with van der Waals surface area (Å²) in [5.41, 5.74) is 6.27. The molecule has 3 rings (SSSR count). The van der Waals surface area contributed by atoms with Gasteiger partial charge in [-0.3, -0.25) is 4.57 Å². The molecule has 0 radical (unpaired) electrons. The van der Waals surface area contributed by atoms with Crippen LogP contribution in [0.2, 0.25) is 0 Å². The molecule has 0 saturated heterocycles. The van der Waals surface area contributed by atoms with E-state index in [9.17, 15) is 0 Å². The molecule has 0 fully saturated rings. The quantitative estimate of drug-likeness (QED) is 0.446. The van der Waals surface area contributed by atoms with Crippen LogP contribution in [-0.4, -0.2) is 14.8 Å². The third kappa shape index (κ3) is 4.83. The maximum absolute atomic E-state index is 4.72. The highest BCUT2D eigenvalue weighted by Gasteiger charge is 2.28. The van der Waals surface area contributed by atoms with Gasteiger partial charge in [0.15, 0.2) is 5.82 Å². The van der Waals surface area contributed by atoms with Gasteiger partial charge in [-0.05, 0) is 48.8 Å². The van der Waals surface area contributed by atoms with Crippen LogP contribution in [0.4, 0.5) is 0 Å². The highest BCUT2D eigenvalue weighted by atomic mass is 15.3. The van der Waals surface area contributed by atoms with Crippen LogP contribution in [0.3, 0.4) is 0 Å². The zero-order chi connectivity index (χ0) is 22.1. The molecule has 0 bridgehead atoms. The van der Waals surface area contributed by atoms with Gasteiger partial charge in [-0.25, -0.2) is 0 Å². The molecule has 160 valence electrons. The van der Waals surface area contributed by atoms with Crippen LogP contribution >= 0.6 is 0 Å². The number of benzene rings is 2. The summed E-state index contributed by atoms with van der Waals surface area (Å²) in [6.45, 7) is 18.0. The van der Waals surface area contributed by atoms with Crippen LogP contribution in [-0.2, 0) is 18.3 Å². The Morgan fingerprint density at radius 1 is 0.833 bits per heavy atom. The predicted octanol–water partition coefficient (Wildman–Crippen LogP) is 6.94. The first-order chi connectivity index (χ1) is 14.1. The molecule has 3 aromatic rings. The molecule has 1 heterocycles. The van der Waals surface area contributed by atoms with Crippen LogP contribution in [0.15, 0.2) is 42.5 Å². The molecule has 0 atom stereocenters. The van der Waals surface area contributed by atoms with Crippen molar-refractivity contribution in [3.8, 4) is 17.1 Å². The topological polar surface area (TPSA) is 30.7 Å². The van der Waals surface area contributed by atoms with Crippen LogP contribution in [0, 0.1) is 18.8 Å². The molecule has 2 aromatic carbocycles. The van der Waals surface area contributed by atoms with Crippen LogP contribution in [0.1, 0.15) is 71.0 Å². The normalized spacial score (nSPS) is 12.2. The van der Waals surface area contributed by atoms with E-state index in [1.165, 1.54) is 22.4 Å². The second-order valence-electron chi connectivity index (χ2n) is 10.4. The van der Waals surface area contributed by atoms with Crippen molar-refractivity contribution in [2.24, 2.45) is 11.8 Å². The maximum atomic E-state index is 4.72. The van der Waals surface area contributed by atoms with E-state index in [1.807, 2.05) is 0 Å². The molecule has 0 saturated carbocycles. The zero-order valence-electron chi connectivity index (χ0n) is 20.0. The lowest BCUT2D eigenvalue weighted by atomic mass is 9.91. The third-order valence-corrected chi connectivity index (χ3v) is 5.29. The van der Waals surface area contributed by atoms with E-state index in [2.05, 4.69) is 102 Å². The number of aryl methyl sites for hydroxylation is 1. The Hall–Kier alpha value is -2.42. The fourth-order valence-corrected chi connectivity index (χ4v) is 4.09. The van der Waals surface area contributed by atoms with E-state index in [0.29, 0.717) is 11.8 Å². The van der Waals surface area contributed by atoms with Gasteiger partial charge < -0.3 is 0 Å². The Morgan fingerprint density at radius 3 is 1.90 bits per heavy atom. The Morgan fingerprint density at radius 2 is 1.40 bits per heavy atom. The van der Waals surface area contributed by atoms with Gasteiger partial charge in [0.2, 0.25) is 0 Å². The van der Waals surface area contributed by atoms with Crippen LogP contribution < -0.4 is 0 Å². The van der Waals surface area contributed by atoms with Gasteiger partial charge in [-0.1, -0.05) is 90.4 Å². The second-order valence-corrected chi connectivity index (χ2v) is 10.4. The summed E-state index contributed by atoms with van der Waals surface area (Å²) in [5, 5.41) is 9.45. The van der Waals surface area contributed by atoms with Crippen molar-refractivity contribution in [2.75, 3.05) is 0 Å². The largest absolute Gasteiger partial charge is 0.278 e. The number of hydrogen-bond acceptors (Lipinski definition) is 2. The number of rotatable bonds is 6. The van der Waals surface area contributed by atoms with Crippen LogP contribution in [0.25, 0.3) is 17.1 Å². The molecule has 30 heavy (non-hydrogen) atoms. The first-order valence-corrected chi connectivity index (χ1v) is 11.2. The molecular formula is C27H37N3. The zero-order valence-corrected chi connectivity index (χ0v) is 20.0. The number of para-hydroxylation sites is 1. The lowest BCUT2D eigenvalue weighted by Gasteiger charge is -2.25. The molecule has 3 heteroatoms. The Kier molecular flexibility index (Phi) is 6.50. The summed E-state index contributed by atoms with van der Waals surface area (Å²) in [4.78, 5) is 0. The summed E-state index contributed by atoms with van der Waals surface area (Å²) in [6.07, 6.45) is 2.08. The molecule has 0 aliphatic heterocycles. The van der Waals surface area contributed by atoms with Crippen molar-refractivity contribution in [1.29, 1.82) is 0 Å². The summed E-state index contributed by atoms with van der Waals surface area (Å²) < 4.78 is 2.35. The van der Waals surface area contributed by atoms with Crippen molar-refractivity contribution in [3.05, 3.63) is 65.0 Å². The Labute approximate surface area is 182 Å². The SMILES string of the molecule is Cc1cccc(-c2nnc(C(C)(C)C)n2-c2c(CC(C)C)cccc2CC(C)C)c1. The van der Waals surface area contributed by atoms with E-state index in [-0.39, 0.29) is 5.41 Å². The van der Waals surface area contributed by atoms with Crippen molar-refractivity contribution >= 4 is 0 Å². The summed E-state index contributed by atoms with van der Waals surface area (Å²) in [7, 11) is 0. The summed E-state index contributed by atoms with van der Waals surface area (Å²) >= 11 is 0. The van der Waals surface area contributed by atoms with Gasteiger partial charge in [0.05, 0.1) is 5.69 Å². The molecular weight excluding hydrogens is 366 g/mol. The van der Waals surface area contributed by atoms with Crippen molar-refractivity contribution in [3.63, 3.8) is 0 Å². The van der Waals surface area contributed by atoms with E-state index in [0.717, 1.165) is 30.1 Å². The number of hydrogen-bond donors (Lipinski definition) is 0. The molecule has 0 amide bonds. The van der Waals surface area contributed by atoms with E-state index < -0.39 is 0 Å². The second kappa shape index (κ2) is 8.75. The first-order valence-electron chi connectivity index (χ1n) is 11.2. The summed E-state index contributed by atoms with van der Waals surface area (Å²) in [5.74, 6) is 3.11. The minimum absolute atomic E-state index is 0.116. The standard InChI is InChI=1S/C27H37N3/c1-18(2)15-21-12-10-13-22(16-19(3)4)24(21)30-25(23-14-9-11-20(5)17-23)28-29-26(30)27(6,7)8/h9-14,17-19H,15-16H2,1-8H3. The molecule has 1 aromatic heterocycles. The lowest BCUT2D eigenvalue weighted by Crippen LogP contribution is -2.21. The minimum atomic E-state index is -0.116. The van der Waals surface area contributed by atoms with Crippen molar-refractivity contribution < 1.29 is 0 Å². The molecule has 3 nitrogen and oxygen atoms in total. The first kappa shape index (κ1) is 22.3. The number of nitrogens with zero attached hydrogens (tertiary/aromatic N) is 3. The van der Waals surface area contributed by atoms with E-state index >= 15 is 0 Å². The van der Waals surface area contributed by atoms with E-state index in [1.54, 1.807) is 0 Å². The van der Waals surface area contributed by atoms with Gasteiger partial charge >= 0.3 is 0 Å². The van der Waals surface area contributed by atoms with E-state index in [4.69, 9.17) is 10.2 Å². The maximum Gasteiger partial charge on any atom is 0.168 e. The third-order valence-electron chi connectivity index (χ3n) is 5.29. The van der Waals surface area contributed by atoms with Crippen LogP contribution in [0.5, 0.6) is 0 Å². The van der Waals surface area contributed by atoms with Gasteiger partial charge in [-0.2, -0.15) is 0 Å². The highest BCUT2D eigenvalue weighted by molar-refractivity contribution is 5.63. The van der Waals surface area contributed by atoms with Gasteiger partial charge in [0, 0.05) is 11.0 Å². The number of aromatic nitrogens is 3. The average molecular weight is 404 g/mol. The highest BCUT2D eigenvalue weighted by Crippen LogP contribution is 2.34. The lowest BCUT2D eigenvalue weighted by molar-refractivity contribution is 0.530. The molecule has 0 aliphatic carbocycles. The van der Waals surface area contributed by atoms with Crippen molar-refractivity contribution in [2.45, 2.75) is 73.6 Å². The van der Waals surface area contributed by atoms with Gasteiger partial charge in [0.25, 0.3) is 0 Å². The van der Waals surface area contributed by atoms with Crippen molar-refractivity contribution in [1.82, 2.24) is 14.8 Å². The minimum Gasteiger partial charge on any atom is -0.278 e.